The maximum absolute atomic E-state index is 13.3. The molecule has 1 amide bonds. The Bertz CT molecular complexity index is 594. The number of rotatable bonds is 6. The van der Waals surface area contributed by atoms with Gasteiger partial charge in [-0.25, -0.2) is 4.39 Å². The quantitative estimate of drug-likeness (QED) is 0.738. The first-order valence-corrected chi connectivity index (χ1v) is 8.90. The van der Waals surface area contributed by atoms with Gasteiger partial charge < -0.3 is 9.64 Å². The zero-order chi connectivity index (χ0) is 18.2. The topological polar surface area (TPSA) is 49.9 Å². The number of amides is 1. The normalized spacial score (nSPS) is 17.0. The lowest BCUT2D eigenvalue weighted by molar-refractivity contribution is -0.144. The molecule has 0 bridgehead atoms. The van der Waals surface area contributed by atoms with Gasteiger partial charge in [-0.2, -0.15) is 0 Å². The highest BCUT2D eigenvalue weighted by atomic mass is 19.1. The van der Waals surface area contributed by atoms with Crippen molar-refractivity contribution in [2.45, 2.75) is 26.7 Å². The fraction of sp³-hybridized carbons (Fsp3) is 0.579. The molecule has 138 valence electrons. The molecule has 1 saturated heterocycles. The Morgan fingerprint density at radius 1 is 1.24 bits per heavy atom. The Morgan fingerprint density at radius 2 is 2.04 bits per heavy atom. The van der Waals surface area contributed by atoms with Gasteiger partial charge in [0.05, 0.1) is 13.2 Å². The van der Waals surface area contributed by atoms with E-state index in [4.69, 9.17) is 4.74 Å². The molecule has 0 aromatic heterocycles. The van der Waals surface area contributed by atoms with Crippen LogP contribution in [0.3, 0.4) is 0 Å². The molecule has 1 atom stereocenters. The van der Waals surface area contributed by atoms with Crippen LogP contribution in [0.15, 0.2) is 24.3 Å². The number of hydrogen-bond acceptors (Lipinski definition) is 4. The van der Waals surface area contributed by atoms with Crippen molar-refractivity contribution in [2.24, 2.45) is 5.92 Å². The van der Waals surface area contributed by atoms with Gasteiger partial charge in [0.25, 0.3) is 0 Å². The van der Waals surface area contributed by atoms with Gasteiger partial charge in [0.15, 0.2) is 0 Å². The van der Waals surface area contributed by atoms with E-state index >= 15 is 0 Å². The Morgan fingerprint density at radius 3 is 2.76 bits per heavy atom. The van der Waals surface area contributed by atoms with Gasteiger partial charge in [0.2, 0.25) is 5.91 Å². The first kappa shape index (κ1) is 19.4. The third-order valence-electron chi connectivity index (χ3n) is 4.41. The zero-order valence-corrected chi connectivity index (χ0v) is 15.0. The molecule has 1 unspecified atom stereocenters. The monoisotopic (exact) mass is 350 g/mol. The fourth-order valence-corrected chi connectivity index (χ4v) is 3.16. The summed E-state index contributed by atoms with van der Waals surface area (Å²) < 4.78 is 18.3. The molecular formula is C19H27FN2O3. The molecule has 0 saturated carbocycles. The van der Waals surface area contributed by atoms with Gasteiger partial charge in [-0.3, -0.25) is 14.5 Å². The minimum atomic E-state index is -0.276. The second-order valence-corrected chi connectivity index (χ2v) is 6.50. The van der Waals surface area contributed by atoms with Crippen LogP contribution in [0.2, 0.25) is 0 Å². The van der Waals surface area contributed by atoms with Crippen LogP contribution < -0.4 is 0 Å². The lowest BCUT2D eigenvalue weighted by atomic mass is 9.99. The predicted molar refractivity (Wildman–Crippen MR) is 93.5 cm³/mol. The minimum absolute atomic E-state index is 0.0854. The molecule has 1 aliphatic rings. The van der Waals surface area contributed by atoms with E-state index in [-0.39, 0.29) is 30.2 Å². The van der Waals surface area contributed by atoms with Crippen LogP contribution in [0.4, 0.5) is 4.39 Å². The lowest BCUT2D eigenvalue weighted by Crippen LogP contribution is -2.39. The van der Waals surface area contributed by atoms with Crippen molar-refractivity contribution in [3.63, 3.8) is 0 Å². The Balaban J connectivity index is 1.86. The number of nitrogens with zero attached hydrogens (tertiary/aromatic N) is 2. The molecule has 0 N–H and O–H groups in total. The summed E-state index contributed by atoms with van der Waals surface area (Å²) in [5, 5.41) is 0. The molecule has 2 rings (SSSR count). The van der Waals surface area contributed by atoms with Crippen LogP contribution >= 0.6 is 0 Å². The number of hydrogen-bond donors (Lipinski definition) is 0. The highest BCUT2D eigenvalue weighted by Crippen LogP contribution is 2.14. The molecule has 25 heavy (non-hydrogen) atoms. The number of benzene rings is 1. The summed E-state index contributed by atoms with van der Waals surface area (Å²) >= 11 is 0. The number of carbonyl (C=O) groups excluding carboxylic acids is 2. The summed E-state index contributed by atoms with van der Waals surface area (Å²) in [5.41, 5.74) is 0.833. The van der Waals surface area contributed by atoms with Gasteiger partial charge >= 0.3 is 5.97 Å². The molecule has 0 spiro atoms. The number of carbonyl (C=O) groups is 2. The van der Waals surface area contributed by atoms with Crippen molar-refractivity contribution < 1.29 is 18.7 Å². The van der Waals surface area contributed by atoms with Crippen molar-refractivity contribution in [2.75, 3.05) is 39.3 Å². The summed E-state index contributed by atoms with van der Waals surface area (Å²) in [7, 11) is 0. The van der Waals surface area contributed by atoms with Crippen molar-refractivity contribution in [1.82, 2.24) is 9.80 Å². The van der Waals surface area contributed by atoms with Crippen LogP contribution in [0.5, 0.6) is 0 Å². The fourth-order valence-electron chi connectivity index (χ4n) is 3.16. The van der Waals surface area contributed by atoms with Gasteiger partial charge in [0.1, 0.15) is 5.82 Å². The van der Waals surface area contributed by atoms with Gasteiger partial charge in [-0.1, -0.05) is 19.1 Å². The molecule has 0 aliphatic carbocycles. The Kier molecular flexibility index (Phi) is 7.37. The summed E-state index contributed by atoms with van der Waals surface area (Å²) in [6.45, 7) is 7.06. The van der Waals surface area contributed by atoms with Crippen LogP contribution in [-0.4, -0.2) is 61.0 Å². The molecular weight excluding hydrogens is 323 g/mol. The largest absolute Gasteiger partial charge is 0.465 e. The standard InChI is InChI=1S/C19H27FN2O3/c1-3-25-18(23)14-21-8-5-9-22(11-10-21)19(24)15(2)12-16-6-4-7-17(20)13-16/h4,6-7,13,15H,3,5,8-12,14H2,1-2H3. The average molecular weight is 350 g/mol. The van der Waals surface area contributed by atoms with E-state index in [0.29, 0.717) is 32.7 Å². The molecule has 1 aromatic carbocycles. The van der Waals surface area contributed by atoms with Crippen LogP contribution in [0.25, 0.3) is 0 Å². The van der Waals surface area contributed by atoms with E-state index in [1.54, 1.807) is 13.0 Å². The molecule has 1 heterocycles. The maximum atomic E-state index is 13.3. The van der Waals surface area contributed by atoms with Gasteiger partial charge in [-0.15, -0.1) is 0 Å². The zero-order valence-electron chi connectivity index (χ0n) is 15.0. The molecule has 0 radical (unpaired) electrons. The average Bonchev–Trinajstić information content (AvgIpc) is 2.80. The summed E-state index contributed by atoms with van der Waals surface area (Å²) in [4.78, 5) is 28.2. The first-order valence-electron chi connectivity index (χ1n) is 8.90. The second-order valence-electron chi connectivity index (χ2n) is 6.50. The van der Waals surface area contributed by atoms with E-state index in [0.717, 1.165) is 18.5 Å². The Labute approximate surface area is 148 Å². The van der Waals surface area contributed by atoms with E-state index in [1.807, 2.05) is 22.8 Å². The molecule has 5 nitrogen and oxygen atoms in total. The maximum Gasteiger partial charge on any atom is 0.320 e. The van der Waals surface area contributed by atoms with E-state index in [9.17, 15) is 14.0 Å². The van der Waals surface area contributed by atoms with E-state index < -0.39 is 0 Å². The molecule has 1 fully saturated rings. The van der Waals surface area contributed by atoms with Gasteiger partial charge in [-0.05, 0) is 37.5 Å². The highest BCUT2D eigenvalue weighted by Gasteiger charge is 2.24. The van der Waals surface area contributed by atoms with Crippen molar-refractivity contribution in [3.05, 3.63) is 35.6 Å². The van der Waals surface area contributed by atoms with Crippen LogP contribution in [-0.2, 0) is 20.7 Å². The summed E-state index contributed by atoms with van der Waals surface area (Å²) in [5.74, 6) is -0.607. The smallest absolute Gasteiger partial charge is 0.320 e. The summed E-state index contributed by atoms with van der Waals surface area (Å²) in [6, 6.07) is 6.40. The highest BCUT2D eigenvalue weighted by molar-refractivity contribution is 5.79. The number of esters is 1. The third kappa shape index (κ3) is 6.12. The molecule has 1 aliphatic heterocycles. The first-order chi connectivity index (χ1) is 12.0. The van der Waals surface area contributed by atoms with Crippen molar-refractivity contribution in [1.29, 1.82) is 0 Å². The van der Waals surface area contributed by atoms with Crippen LogP contribution in [0.1, 0.15) is 25.8 Å². The molecule has 1 aromatic rings. The molecule has 6 heteroatoms. The van der Waals surface area contributed by atoms with Crippen molar-refractivity contribution >= 4 is 11.9 Å². The van der Waals surface area contributed by atoms with E-state index in [1.165, 1.54) is 12.1 Å². The SMILES string of the molecule is CCOC(=O)CN1CCCN(C(=O)C(C)Cc2cccc(F)c2)CC1. The number of ether oxygens (including phenoxy) is 1. The second kappa shape index (κ2) is 9.51. The minimum Gasteiger partial charge on any atom is -0.465 e. The van der Waals surface area contributed by atoms with E-state index in [2.05, 4.69) is 0 Å². The van der Waals surface area contributed by atoms with Crippen molar-refractivity contribution in [3.8, 4) is 0 Å². The Hall–Kier alpha value is -1.95. The lowest BCUT2D eigenvalue weighted by Gasteiger charge is -2.24. The number of halogens is 1. The summed E-state index contributed by atoms with van der Waals surface area (Å²) in [6.07, 6.45) is 1.36. The predicted octanol–water partition coefficient (Wildman–Crippen LogP) is 2.10. The van der Waals surface area contributed by atoms with Gasteiger partial charge in [0, 0.05) is 32.1 Å². The van der Waals surface area contributed by atoms with Crippen LogP contribution in [0, 0.1) is 11.7 Å². The third-order valence-corrected chi connectivity index (χ3v) is 4.41.